The zero-order chi connectivity index (χ0) is 13.9. The van der Waals surface area contributed by atoms with Crippen molar-refractivity contribution in [3.63, 3.8) is 0 Å². The number of aromatic nitrogens is 2. The smallest absolute Gasteiger partial charge is 0.0982 e. The molecule has 3 nitrogen and oxygen atoms in total. The zero-order valence-electron chi connectivity index (χ0n) is 12.0. The van der Waals surface area contributed by atoms with Crippen LogP contribution in [0.5, 0.6) is 0 Å². The predicted octanol–water partition coefficient (Wildman–Crippen LogP) is 3.69. The first kappa shape index (κ1) is 14.2. The normalized spacial score (nSPS) is 13.5. The van der Waals surface area contributed by atoms with E-state index in [9.17, 15) is 0 Å². The fourth-order valence-electron chi connectivity index (χ4n) is 1.74. The summed E-state index contributed by atoms with van der Waals surface area (Å²) >= 11 is 1.74. The molecule has 1 atom stereocenters. The number of thiazole rings is 1. The van der Waals surface area contributed by atoms with Crippen LogP contribution in [0.1, 0.15) is 50.0 Å². The minimum absolute atomic E-state index is 0.137. The summed E-state index contributed by atoms with van der Waals surface area (Å²) in [6.07, 6.45) is 3.70. The molecule has 0 aliphatic rings. The molecular formula is C15H21N3S. The van der Waals surface area contributed by atoms with Gasteiger partial charge in [-0.1, -0.05) is 26.8 Å². The summed E-state index contributed by atoms with van der Waals surface area (Å²) < 4.78 is 0. The van der Waals surface area contributed by atoms with Crippen LogP contribution in [0.2, 0.25) is 0 Å². The first-order valence-electron chi connectivity index (χ1n) is 6.55. The van der Waals surface area contributed by atoms with Crippen LogP contribution in [-0.4, -0.2) is 9.97 Å². The predicted molar refractivity (Wildman–Crippen MR) is 80.3 cm³/mol. The molecule has 2 rings (SSSR count). The Morgan fingerprint density at radius 1 is 1.37 bits per heavy atom. The molecule has 0 aromatic carbocycles. The molecule has 0 aliphatic carbocycles. The second-order valence-corrected chi connectivity index (χ2v) is 6.64. The lowest BCUT2D eigenvalue weighted by molar-refractivity contribution is 0.555. The average Bonchev–Trinajstić information content (AvgIpc) is 2.86. The van der Waals surface area contributed by atoms with Crippen LogP contribution >= 0.6 is 11.3 Å². The molecule has 0 saturated heterocycles. The summed E-state index contributed by atoms with van der Waals surface area (Å²) in [5.41, 5.74) is 2.46. The molecule has 4 heteroatoms. The molecular weight excluding hydrogens is 254 g/mol. The first-order chi connectivity index (χ1) is 8.97. The number of hydrogen-bond donors (Lipinski definition) is 1. The van der Waals surface area contributed by atoms with Crippen molar-refractivity contribution in [1.82, 2.24) is 15.3 Å². The van der Waals surface area contributed by atoms with E-state index < -0.39 is 0 Å². The van der Waals surface area contributed by atoms with Gasteiger partial charge in [0.15, 0.2) is 0 Å². The maximum absolute atomic E-state index is 4.69. The Balaban J connectivity index is 1.94. The van der Waals surface area contributed by atoms with Gasteiger partial charge in [0, 0.05) is 35.8 Å². The van der Waals surface area contributed by atoms with Gasteiger partial charge in [0.1, 0.15) is 0 Å². The highest BCUT2D eigenvalue weighted by molar-refractivity contribution is 7.09. The second-order valence-electron chi connectivity index (χ2n) is 5.78. The van der Waals surface area contributed by atoms with Gasteiger partial charge in [-0.15, -0.1) is 11.3 Å². The second kappa shape index (κ2) is 5.80. The zero-order valence-corrected chi connectivity index (χ0v) is 12.8. The molecule has 0 amide bonds. The first-order valence-corrected chi connectivity index (χ1v) is 7.43. The van der Waals surface area contributed by atoms with E-state index in [1.54, 1.807) is 17.5 Å². The van der Waals surface area contributed by atoms with Crippen LogP contribution in [0.3, 0.4) is 0 Å². The highest BCUT2D eigenvalue weighted by atomic mass is 32.1. The van der Waals surface area contributed by atoms with E-state index in [4.69, 9.17) is 0 Å². The van der Waals surface area contributed by atoms with E-state index in [-0.39, 0.29) is 11.5 Å². The fourth-order valence-corrected chi connectivity index (χ4v) is 2.65. The Hall–Kier alpha value is -1.26. The van der Waals surface area contributed by atoms with Crippen molar-refractivity contribution in [3.05, 3.63) is 46.2 Å². The van der Waals surface area contributed by atoms with Crippen LogP contribution < -0.4 is 5.32 Å². The molecule has 2 aromatic heterocycles. The van der Waals surface area contributed by atoms with E-state index in [0.717, 1.165) is 12.2 Å². The Labute approximate surface area is 119 Å². The van der Waals surface area contributed by atoms with Crippen molar-refractivity contribution in [2.45, 2.75) is 45.7 Å². The Morgan fingerprint density at radius 2 is 2.16 bits per heavy atom. The van der Waals surface area contributed by atoms with Crippen molar-refractivity contribution in [2.24, 2.45) is 0 Å². The largest absolute Gasteiger partial charge is 0.304 e. The maximum atomic E-state index is 4.69. The highest BCUT2D eigenvalue weighted by Gasteiger charge is 2.18. The Kier molecular flexibility index (Phi) is 4.32. The standard InChI is InChI=1S/C15H21N3S/c1-11(12-6-5-7-16-8-12)17-9-13-10-19-14(18-13)15(2,3)4/h5-8,10-11,17H,9H2,1-4H3. The summed E-state index contributed by atoms with van der Waals surface area (Å²) in [7, 11) is 0. The number of pyridine rings is 1. The van der Waals surface area contributed by atoms with Crippen LogP contribution in [0, 0.1) is 0 Å². The van der Waals surface area contributed by atoms with Crippen molar-refractivity contribution in [2.75, 3.05) is 0 Å². The van der Waals surface area contributed by atoms with Crippen LogP contribution in [0.25, 0.3) is 0 Å². The summed E-state index contributed by atoms with van der Waals surface area (Å²) in [6.45, 7) is 9.53. The van der Waals surface area contributed by atoms with Gasteiger partial charge in [-0.2, -0.15) is 0 Å². The number of rotatable bonds is 4. The topological polar surface area (TPSA) is 37.8 Å². The molecule has 0 saturated carbocycles. The number of nitrogens with one attached hydrogen (secondary N) is 1. The molecule has 102 valence electrons. The third-order valence-corrected chi connectivity index (χ3v) is 4.28. The van der Waals surface area contributed by atoms with Gasteiger partial charge in [-0.05, 0) is 18.6 Å². The summed E-state index contributed by atoms with van der Waals surface area (Å²) in [5.74, 6) is 0. The van der Waals surface area contributed by atoms with E-state index in [2.05, 4.69) is 54.4 Å². The van der Waals surface area contributed by atoms with E-state index in [1.165, 1.54) is 10.6 Å². The van der Waals surface area contributed by atoms with Gasteiger partial charge >= 0.3 is 0 Å². The van der Waals surface area contributed by atoms with Crippen molar-refractivity contribution < 1.29 is 0 Å². The lowest BCUT2D eigenvalue weighted by atomic mass is 9.98. The number of nitrogens with zero attached hydrogens (tertiary/aromatic N) is 2. The highest BCUT2D eigenvalue weighted by Crippen LogP contribution is 2.25. The molecule has 2 aromatic rings. The van der Waals surface area contributed by atoms with Crippen molar-refractivity contribution >= 4 is 11.3 Å². The van der Waals surface area contributed by atoms with Gasteiger partial charge in [0.05, 0.1) is 10.7 Å². The fraction of sp³-hybridized carbons (Fsp3) is 0.467. The van der Waals surface area contributed by atoms with E-state index >= 15 is 0 Å². The summed E-state index contributed by atoms with van der Waals surface area (Å²) in [5, 5.41) is 6.82. The van der Waals surface area contributed by atoms with E-state index in [0.29, 0.717) is 0 Å². The minimum atomic E-state index is 0.137. The Morgan fingerprint density at radius 3 is 2.74 bits per heavy atom. The van der Waals surface area contributed by atoms with Crippen molar-refractivity contribution in [3.8, 4) is 0 Å². The minimum Gasteiger partial charge on any atom is -0.304 e. The molecule has 0 aliphatic heterocycles. The van der Waals surface area contributed by atoms with Gasteiger partial charge in [-0.3, -0.25) is 4.98 Å². The summed E-state index contributed by atoms with van der Waals surface area (Å²) in [6, 6.07) is 4.34. The maximum Gasteiger partial charge on any atom is 0.0982 e. The monoisotopic (exact) mass is 275 g/mol. The quantitative estimate of drug-likeness (QED) is 0.925. The molecule has 0 fully saturated rings. The Bertz CT molecular complexity index is 514. The molecule has 0 spiro atoms. The van der Waals surface area contributed by atoms with Crippen LogP contribution in [-0.2, 0) is 12.0 Å². The lowest BCUT2D eigenvalue weighted by Crippen LogP contribution is -2.19. The van der Waals surface area contributed by atoms with Gasteiger partial charge < -0.3 is 5.32 Å². The third-order valence-electron chi connectivity index (χ3n) is 2.97. The number of hydrogen-bond acceptors (Lipinski definition) is 4. The van der Waals surface area contributed by atoms with Gasteiger partial charge in [0.2, 0.25) is 0 Å². The molecule has 0 bridgehead atoms. The average molecular weight is 275 g/mol. The molecule has 0 radical (unpaired) electrons. The van der Waals surface area contributed by atoms with Crippen LogP contribution in [0.4, 0.5) is 0 Å². The summed E-state index contributed by atoms with van der Waals surface area (Å²) in [4.78, 5) is 8.83. The third kappa shape index (κ3) is 3.85. The van der Waals surface area contributed by atoms with Crippen molar-refractivity contribution in [1.29, 1.82) is 0 Å². The molecule has 1 N–H and O–H groups in total. The molecule has 1 unspecified atom stereocenters. The van der Waals surface area contributed by atoms with Crippen LogP contribution in [0.15, 0.2) is 29.9 Å². The van der Waals surface area contributed by atoms with Gasteiger partial charge in [0.25, 0.3) is 0 Å². The SMILES string of the molecule is CC(NCc1csc(C(C)(C)C)n1)c1cccnc1. The van der Waals surface area contributed by atoms with E-state index in [1.807, 2.05) is 12.3 Å². The van der Waals surface area contributed by atoms with Gasteiger partial charge in [-0.25, -0.2) is 4.98 Å². The molecule has 2 heterocycles. The lowest BCUT2D eigenvalue weighted by Gasteiger charge is -2.14. The molecule has 19 heavy (non-hydrogen) atoms.